The monoisotopic (exact) mass is 447 g/mol. The molecule has 7 heteroatoms. The van der Waals surface area contributed by atoms with Crippen LogP contribution in [0.2, 0.25) is 5.02 Å². The van der Waals surface area contributed by atoms with E-state index >= 15 is 0 Å². The van der Waals surface area contributed by atoms with Crippen molar-refractivity contribution >= 4 is 40.0 Å². The first kappa shape index (κ1) is 19.6. The number of anilines is 1. The van der Waals surface area contributed by atoms with Gasteiger partial charge in [0.25, 0.3) is 0 Å². The fourth-order valence-corrected chi connectivity index (χ4v) is 5.62. The molecular weight excluding hydrogens is 426 g/mol. The molecule has 3 aliphatic heterocycles. The van der Waals surface area contributed by atoms with Crippen molar-refractivity contribution in [2.45, 2.75) is 18.1 Å². The van der Waals surface area contributed by atoms with E-state index in [9.17, 15) is 9.59 Å². The maximum Gasteiger partial charge on any atom is 0.231 e. The summed E-state index contributed by atoms with van der Waals surface area (Å²) in [4.78, 5) is 31.7. The standard InChI is InChI=1S/C25H22ClN3O3/c26-17-6-2-4-8-19(17)28-23(30)21-20-9-11-25(32-20)14-29(24(31)22(21)25)12-10-15-13-27-18-7-3-1-5-16(15)18/h1-9,11,13,20-22,27H,10,12,14H2,(H,28,30)/t20-,21-,22-,25+/m1/s1. The van der Waals surface area contributed by atoms with Gasteiger partial charge in [-0.3, -0.25) is 9.59 Å². The summed E-state index contributed by atoms with van der Waals surface area (Å²) in [7, 11) is 0. The highest BCUT2D eigenvalue weighted by Gasteiger charge is 2.66. The molecule has 2 N–H and O–H groups in total. The molecular formula is C25H22ClN3O3. The van der Waals surface area contributed by atoms with Gasteiger partial charge in [-0.15, -0.1) is 0 Å². The van der Waals surface area contributed by atoms with E-state index < -0.39 is 17.4 Å². The van der Waals surface area contributed by atoms with Crippen LogP contribution in [-0.2, 0) is 20.7 Å². The van der Waals surface area contributed by atoms with Crippen LogP contribution in [0.15, 0.2) is 66.9 Å². The minimum absolute atomic E-state index is 0.0176. The van der Waals surface area contributed by atoms with Gasteiger partial charge in [0.1, 0.15) is 5.60 Å². The Kier molecular flexibility index (Phi) is 4.42. The Labute approximate surface area is 190 Å². The lowest BCUT2D eigenvalue weighted by molar-refractivity contribution is -0.135. The number of halogens is 1. The number of amides is 2. The zero-order chi connectivity index (χ0) is 21.9. The van der Waals surface area contributed by atoms with E-state index in [4.69, 9.17) is 16.3 Å². The van der Waals surface area contributed by atoms with Gasteiger partial charge in [0, 0.05) is 23.6 Å². The maximum absolute atomic E-state index is 13.4. The Morgan fingerprint density at radius 2 is 2.03 bits per heavy atom. The van der Waals surface area contributed by atoms with E-state index in [1.807, 2.05) is 53.6 Å². The van der Waals surface area contributed by atoms with Crippen LogP contribution in [0.1, 0.15) is 5.56 Å². The molecule has 1 aromatic heterocycles. The molecule has 1 spiro atoms. The Balaban J connectivity index is 1.21. The van der Waals surface area contributed by atoms with Gasteiger partial charge >= 0.3 is 0 Å². The predicted octanol–water partition coefficient (Wildman–Crippen LogP) is 3.78. The first-order chi connectivity index (χ1) is 15.6. The SMILES string of the molecule is O=C(Nc1ccccc1Cl)[C@@H]1[C@H]2C=C[C@@]3(CN(CCc4c[nH]c5ccccc45)C(=O)[C@@H]13)O2. The summed E-state index contributed by atoms with van der Waals surface area (Å²) in [6.07, 6.45) is 6.26. The Morgan fingerprint density at radius 3 is 2.91 bits per heavy atom. The molecule has 6 rings (SSSR count). The van der Waals surface area contributed by atoms with Crippen LogP contribution in [0, 0.1) is 11.8 Å². The molecule has 2 aromatic carbocycles. The average Bonchev–Trinajstić information content (AvgIpc) is 3.54. The number of aromatic amines is 1. The number of hydrogen-bond acceptors (Lipinski definition) is 3. The zero-order valence-electron chi connectivity index (χ0n) is 17.3. The minimum atomic E-state index is -0.718. The fourth-order valence-electron chi connectivity index (χ4n) is 5.44. The van der Waals surface area contributed by atoms with Crippen molar-refractivity contribution < 1.29 is 14.3 Å². The molecule has 3 aliphatic rings. The van der Waals surface area contributed by atoms with Crippen molar-refractivity contribution in [2.24, 2.45) is 11.8 Å². The van der Waals surface area contributed by atoms with Gasteiger partial charge in [0.05, 0.1) is 35.2 Å². The van der Waals surface area contributed by atoms with Crippen LogP contribution in [0.3, 0.4) is 0 Å². The number of hydrogen-bond donors (Lipinski definition) is 2. The van der Waals surface area contributed by atoms with Crippen LogP contribution in [-0.4, -0.2) is 46.5 Å². The maximum atomic E-state index is 13.4. The van der Waals surface area contributed by atoms with Crippen molar-refractivity contribution in [1.29, 1.82) is 0 Å². The Bertz CT molecular complexity index is 1270. The van der Waals surface area contributed by atoms with Gasteiger partial charge < -0.3 is 19.9 Å². The number of benzene rings is 2. The Hall–Kier alpha value is -3.09. The first-order valence-electron chi connectivity index (χ1n) is 10.8. The third-order valence-corrected chi connectivity index (χ3v) is 7.27. The van der Waals surface area contributed by atoms with Crippen LogP contribution in [0.4, 0.5) is 5.69 Å². The summed E-state index contributed by atoms with van der Waals surface area (Å²) < 4.78 is 6.22. The molecule has 162 valence electrons. The largest absolute Gasteiger partial charge is 0.361 e. The summed E-state index contributed by atoms with van der Waals surface area (Å²) in [6.45, 7) is 1.06. The average molecular weight is 448 g/mol. The lowest BCUT2D eigenvalue weighted by Gasteiger charge is -2.23. The number of aromatic nitrogens is 1. The van der Waals surface area contributed by atoms with Gasteiger partial charge in [-0.25, -0.2) is 0 Å². The van der Waals surface area contributed by atoms with Gasteiger partial charge in [0.15, 0.2) is 0 Å². The van der Waals surface area contributed by atoms with Crippen molar-refractivity contribution in [3.63, 3.8) is 0 Å². The molecule has 2 saturated heterocycles. The minimum Gasteiger partial charge on any atom is -0.361 e. The van der Waals surface area contributed by atoms with Crippen molar-refractivity contribution in [2.75, 3.05) is 18.4 Å². The molecule has 3 aromatic rings. The normalized spacial score (nSPS) is 28.0. The highest BCUT2D eigenvalue weighted by molar-refractivity contribution is 6.33. The topological polar surface area (TPSA) is 74.4 Å². The number of H-pyrrole nitrogens is 1. The number of nitrogens with zero attached hydrogens (tertiary/aromatic N) is 1. The number of fused-ring (bicyclic) bond motifs is 2. The molecule has 0 unspecified atom stereocenters. The number of carbonyl (C=O) groups excluding carboxylic acids is 2. The summed E-state index contributed by atoms with van der Waals surface area (Å²) >= 11 is 6.21. The van der Waals surface area contributed by atoms with E-state index in [2.05, 4.69) is 16.4 Å². The highest BCUT2D eigenvalue weighted by atomic mass is 35.5. The third kappa shape index (κ3) is 2.90. The Morgan fingerprint density at radius 1 is 1.22 bits per heavy atom. The van der Waals surface area contributed by atoms with E-state index in [-0.39, 0.29) is 17.9 Å². The molecule has 6 nitrogen and oxygen atoms in total. The lowest BCUT2D eigenvalue weighted by Crippen LogP contribution is -2.41. The number of likely N-dealkylation sites (tertiary alicyclic amines) is 1. The summed E-state index contributed by atoms with van der Waals surface area (Å²) in [5.74, 6) is -1.33. The molecule has 4 heterocycles. The van der Waals surface area contributed by atoms with Crippen molar-refractivity contribution in [1.82, 2.24) is 9.88 Å². The highest BCUT2D eigenvalue weighted by Crippen LogP contribution is 2.52. The van der Waals surface area contributed by atoms with E-state index in [1.165, 1.54) is 10.9 Å². The van der Waals surface area contributed by atoms with Gasteiger partial charge in [-0.1, -0.05) is 54.1 Å². The fraction of sp³-hybridized carbons (Fsp3) is 0.280. The second kappa shape index (κ2) is 7.22. The van der Waals surface area contributed by atoms with Crippen LogP contribution in [0.25, 0.3) is 10.9 Å². The molecule has 32 heavy (non-hydrogen) atoms. The predicted molar refractivity (Wildman–Crippen MR) is 122 cm³/mol. The van der Waals surface area contributed by atoms with Crippen molar-refractivity contribution in [3.05, 3.63) is 77.5 Å². The molecule has 2 bridgehead atoms. The van der Waals surface area contributed by atoms with Crippen molar-refractivity contribution in [3.8, 4) is 0 Å². The molecule has 2 fully saturated rings. The van der Waals surface area contributed by atoms with E-state index in [1.54, 1.807) is 12.1 Å². The number of para-hydroxylation sites is 2. The molecule has 2 amide bonds. The van der Waals surface area contributed by atoms with E-state index in [0.717, 1.165) is 11.9 Å². The number of carbonyl (C=O) groups is 2. The second-order valence-corrected chi connectivity index (χ2v) is 9.15. The summed E-state index contributed by atoms with van der Waals surface area (Å²) in [5, 5.41) is 4.54. The van der Waals surface area contributed by atoms with E-state index in [0.29, 0.717) is 23.8 Å². The van der Waals surface area contributed by atoms with Crippen LogP contribution >= 0.6 is 11.6 Å². The molecule has 0 aliphatic carbocycles. The van der Waals surface area contributed by atoms with Crippen LogP contribution in [0.5, 0.6) is 0 Å². The number of rotatable bonds is 5. The van der Waals surface area contributed by atoms with Crippen LogP contribution < -0.4 is 5.32 Å². The second-order valence-electron chi connectivity index (χ2n) is 8.74. The zero-order valence-corrected chi connectivity index (χ0v) is 18.0. The van der Waals surface area contributed by atoms with Gasteiger partial charge in [-0.2, -0.15) is 0 Å². The lowest BCUT2D eigenvalue weighted by atomic mass is 9.77. The molecule has 4 atom stereocenters. The smallest absolute Gasteiger partial charge is 0.231 e. The third-order valence-electron chi connectivity index (χ3n) is 6.94. The molecule has 0 saturated carbocycles. The first-order valence-corrected chi connectivity index (χ1v) is 11.2. The van der Waals surface area contributed by atoms with Gasteiger partial charge in [0.2, 0.25) is 11.8 Å². The van der Waals surface area contributed by atoms with Gasteiger partial charge in [-0.05, 0) is 30.2 Å². The summed E-state index contributed by atoms with van der Waals surface area (Å²) in [6, 6.07) is 15.2. The summed E-state index contributed by atoms with van der Waals surface area (Å²) in [5.41, 5.74) is 2.09. The number of ether oxygens (including phenoxy) is 1. The quantitative estimate of drug-likeness (QED) is 0.584. The molecule has 0 radical (unpaired) electrons. The number of nitrogens with one attached hydrogen (secondary N) is 2.